The molecule has 0 saturated carbocycles. The number of hydrogen-bond donors (Lipinski definition) is 1. The van der Waals surface area contributed by atoms with Gasteiger partial charge in [0.05, 0.1) is 13.2 Å². The number of unbranched alkanes of at least 4 members (excludes halogenated alkanes) is 23. The number of phosphoric acid groups is 1. The summed E-state index contributed by atoms with van der Waals surface area (Å²) < 4.78 is 33.6. The van der Waals surface area contributed by atoms with Crippen molar-refractivity contribution in [1.82, 2.24) is 4.90 Å². The Balaban J connectivity index is 4.36. The molecule has 0 heterocycles. The fourth-order valence-electron chi connectivity index (χ4n) is 5.93. The lowest BCUT2D eigenvalue weighted by molar-refractivity contribution is -0.161. The van der Waals surface area contributed by atoms with Gasteiger partial charge < -0.3 is 19.3 Å². The van der Waals surface area contributed by atoms with Crippen LogP contribution in [0.25, 0.3) is 0 Å². The van der Waals surface area contributed by atoms with Crippen LogP contribution >= 0.6 is 7.82 Å². The topological polar surface area (TPSA) is 112 Å². The summed E-state index contributed by atoms with van der Waals surface area (Å²) in [6.45, 7) is 7.11. The highest BCUT2D eigenvalue weighted by Crippen LogP contribution is 2.43. The van der Waals surface area contributed by atoms with E-state index in [4.69, 9.17) is 18.5 Å². The number of nitrogens with zero attached hydrogens (tertiary/aromatic N) is 1. The van der Waals surface area contributed by atoms with E-state index in [-0.39, 0.29) is 25.6 Å². The molecule has 2 atom stereocenters. The molecule has 0 aliphatic carbocycles. The maximum Gasteiger partial charge on any atom is 0.472 e. The third-order valence-electron chi connectivity index (χ3n) is 9.55. The molecule has 2 unspecified atom stereocenters. The van der Waals surface area contributed by atoms with Crippen molar-refractivity contribution in [2.75, 3.05) is 40.0 Å². The number of carbonyl (C=O) groups excluding carboxylic acids is 2. The molecule has 0 aromatic carbocycles. The number of rotatable bonds is 40. The highest BCUT2D eigenvalue weighted by atomic mass is 31.2. The van der Waals surface area contributed by atoms with E-state index in [0.717, 1.165) is 57.9 Å². The van der Waals surface area contributed by atoms with Gasteiger partial charge in [0, 0.05) is 19.4 Å². The second-order valence-electron chi connectivity index (χ2n) is 14.6. The van der Waals surface area contributed by atoms with E-state index >= 15 is 0 Å². The SMILES string of the molecule is CCCCCCCC/C=C\CCCCCCCC(=O)OC(COC(=O)CCCCCCCCCCCCCCC)COP(=O)(O)OCCN(C)CC. The van der Waals surface area contributed by atoms with Gasteiger partial charge in [-0.1, -0.05) is 161 Å². The molecule has 1 N–H and O–H groups in total. The third kappa shape index (κ3) is 37.1. The average Bonchev–Trinajstić information content (AvgIpc) is 3.12. The minimum absolute atomic E-state index is 0.0200. The zero-order valence-corrected chi connectivity index (χ0v) is 35.2. The van der Waals surface area contributed by atoms with Crippen molar-refractivity contribution >= 4 is 19.8 Å². The third-order valence-corrected chi connectivity index (χ3v) is 10.5. The molecule has 0 fully saturated rings. The molecule has 0 aliphatic rings. The summed E-state index contributed by atoms with van der Waals surface area (Å²) in [4.78, 5) is 37.2. The van der Waals surface area contributed by atoms with Gasteiger partial charge in [-0.05, 0) is 52.1 Å². The predicted octanol–water partition coefficient (Wildman–Crippen LogP) is 12.0. The van der Waals surface area contributed by atoms with E-state index in [0.29, 0.717) is 19.4 Å². The van der Waals surface area contributed by atoms with Crippen LogP contribution in [0, 0.1) is 0 Å². The summed E-state index contributed by atoms with van der Waals surface area (Å²) in [5.74, 6) is -0.801. The Morgan fingerprint density at radius 3 is 1.48 bits per heavy atom. The van der Waals surface area contributed by atoms with Gasteiger partial charge in [-0.2, -0.15) is 0 Å². The van der Waals surface area contributed by atoms with Crippen LogP contribution in [0.2, 0.25) is 0 Å². The Morgan fingerprint density at radius 1 is 0.596 bits per heavy atom. The van der Waals surface area contributed by atoms with Crippen molar-refractivity contribution in [1.29, 1.82) is 0 Å². The van der Waals surface area contributed by atoms with E-state index < -0.39 is 26.5 Å². The first-order chi connectivity index (χ1) is 25.2. The molecule has 0 aromatic rings. The number of likely N-dealkylation sites (N-methyl/N-ethyl adjacent to an activating group) is 1. The molecule has 0 saturated heterocycles. The second kappa shape index (κ2) is 38.0. The maximum absolute atomic E-state index is 12.6. The van der Waals surface area contributed by atoms with Crippen molar-refractivity contribution in [2.45, 2.75) is 207 Å². The van der Waals surface area contributed by atoms with E-state index in [1.54, 1.807) is 0 Å². The molecule has 0 spiro atoms. The second-order valence-corrected chi connectivity index (χ2v) is 16.1. The lowest BCUT2D eigenvalue weighted by atomic mass is 10.0. The number of phosphoric ester groups is 1. The molecule has 0 aromatic heterocycles. The fraction of sp³-hybridized carbons (Fsp3) is 0.905. The van der Waals surface area contributed by atoms with Crippen LogP contribution in [0.15, 0.2) is 12.2 Å². The molecule has 10 heteroatoms. The maximum atomic E-state index is 12.6. The summed E-state index contributed by atoms with van der Waals surface area (Å²) >= 11 is 0. The lowest BCUT2D eigenvalue weighted by Crippen LogP contribution is -2.29. The van der Waals surface area contributed by atoms with Crippen LogP contribution < -0.4 is 0 Å². The van der Waals surface area contributed by atoms with Gasteiger partial charge in [-0.25, -0.2) is 4.57 Å². The summed E-state index contributed by atoms with van der Waals surface area (Å²) in [5, 5.41) is 0. The van der Waals surface area contributed by atoms with Crippen molar-refractivity contribution in [2.24, 2.45) is 0 Å². The van der Waals surface area contributed by atoms with E-state index in [1.807, 2.05) is 18.9 Å². The van der Waals surface area contributed by atoms with Gasteiger partial charge in [0.25, 0.3) is 0 Å². The standard InChI is InChI=1S/C42H82NO8P/c1-5-8-10-12-14-16-18-20-21-23-25-27-29-31-33-35-42(45)51-40(39-50-52(46,47)49-37-36-43(4)7-3)38-48-41(44)34-32-30-28-26-24-22-19-17-15-13-11-9-6-2/h20-21,40H,5-19,22-39H2,1-4H3,(H,46,47)/b21-20-. The summed E-state index contributed by atoms with van der Waals surface area (Å²) in [6, 6.07) is 0. The number of hydrogen-bond acceptors (Lipinski definition) is 8. The Bertz CT molecular complexity index is 886. The molecular formula is C42H82NO8P. The molecule has 0 amide bonds. The number of carbonyl (C=O) groups is 2. The van der Waals surface area contributed by atoms with E-state index in [1.165, 1.54) is 109 Å². The van der Waals surface area contributed by atoms with Crippen LogP contribution in [0.5, 0.6) is 0 Å². The van der Waals surface area contributed by atoms with E-state index in [2.05, 4.69) is 26.0 Å². The van der Waals surface area contributed by atoms with Gasteiger partial charge in [0.2, 0.25) is 0 Å². The number of allylic oxidation sites excluding steroid dienone is 2. The van der Waals surface area contributed by atoms with Gasteiger partial charge in [0.15, 0.2) is 6.10 Å². The Morgan fingerprint density at radius 2 is 1.02 bits per heavy atom. The quantitative estimate of drug-likeness (QED) is 0.0282. The summed E-state index contributed by atoms with van der Waals surface area (Å²) in [7, 11) is -2.49. The highest BCUT2D eigenvalue weighted by Gasteiger charge is 2.26. The van der Waals surface area contributed by atoms with Crippen LogP contribution in [0.4, 0.5) is 0 Å². The molecule has 0 aliphatic heterocycles. The van der Waals surface area contributed by atoms with Crippen molar-refractivity contribution < 1.29 is 37.6 Å². The molecule has 0 rings (SSSR count). The smallest absolute Gasteiger partial charge is 0.462 e. The first-order valence-electron chi connectivity index (χ1n) is 21.5. The van der Waals surface area contributed by atoms with Gasteiger partial charge in [0.1, 0.15) is 6.61 Å². The lowest BCUT2D eigenvalue weighted by Gasteiger charge is -2.20. The average molecular weight is 760 g/mol. The zero-order chi connectivity index (χ0) is 38.4. The summed E-state index contributed by atoms with van der Waals surface area (Å²) in [5.41, 5.74) is 0. The normalized spacial score (nSPS) is 13.5. The molecule has 0 bridgehead atoms. The Labute approximate surface area is 320 Å². The van der Waals surface area contributed by atoms with E-state index in [9.17, 15) is 19.0 Å². The Hall–Kier alpha value is -1.25. The van der Waals surface area contributed by atoms with Gasteiger partial charge >= 0.3 is 19.8 Å². The first kappa shape index (κ1) is 50.8. The molecule has 308 valence electrons. The van der Waals surface area contributed by atoms with Crippen LogP contribution in [-0.4, -0.2) is 67.8 Å². The number of ether oxygens (including phenoxy) is 2. The molecular weight excluding hydrogens is 677 g/mol. The summed E-state index contributed by atoms with van der Waals surface area (Å²) in [6.07, 6.45) is 35.3. The first-order valence-corrected chi connectivity index (χ1v) is 23.0. The van der Waals surface area contributed by atoms with Crippen molar-refractivity contribution in [3.8, 4) is 0 Å². The minimum Gasteiger partial charge on any atom is -0.462 e. The van der Waals surface area contributed by atoms with Crippen LogP contribution in [0.3, 0.4) is 0 Å². The van der Waals surface area contributed by atoms with Crippen LogP contribution in [-0.2, 0) is 32.7 Å². The predicted molar refractivity (Wildman–Crippen MR) is 216 cm³/mol. The highest BCUT2D eigenvalue weighted by molar-refractivity contribution is 7.47. The largest absolute Gasteiger partial charge is 0.472 e. The number of esters is 2. The molecule has 0 radical (unpaired) electrons. The monoisotopic (exact) mass is 760 g/mol. The zero-order valence-electron chi connectivity index (χ0n) is 34.3. The van der Waals surface area contributed by atoms with Gasteiger partial charge in [-0.3, -0.25) is 18.6 Å². The van der Waals surface area contributed by atoms with Crippen molar-refractivity contribution in [3.05, 3.63) is 12.2 Å². The van der Waals surface area contributed by atoms with Crippen molar-refractivity contribution in [3.63, 3.8) is 0 Å². The fourth-order valence-corrected chi connectivity index (χ4v) is 6.67. The van der Waals surface area contributed by atoms with Crippen LogP contribution in [0.1, 0.15) is 201 Å². The minimum atomic E-state index is -4.36. The Kier molecular flexibility index (Phi) is 37.1. The molecule has 9 nitrogen and oxygen atoms in total. The molecule has 52 heavy (non-hydrogen) atoms. The van der Waals surface area contributed by atoms with Gasteiger partial charge in [-0.15, -0.1) is 0 Å².